The topological polar surface area (TPSA) is 68.2 Å². The van der Waals surface area contributed by atoms with Crippen LogP contribution in [0, 0.1) is 5.92 Å². The number of nitrogens with zero attached hydrogens (tertiary/aromatic N) is 2. The molecular weight excluding hydrogens is 356 g/mol. The molecule has 0 aliphatic heterocycles. The number of oxime groups is 1. The Hall–Kier alpha value is -2.63. The molecule has 2 rings (SSSR count). The number of allylic oxidation sites excluding steroid dienone is 2. The molecule has 1 unspecified atom stereocenters. The van der Waals surface area contributed by atoms with Gasteiger partial charge in [-0.05, 0) is 31.7 Å². The number of amides is 1. The fourth-order valence-corrected chi connectivity index (χ4v) is 3.18. The Kier molecular flexibility index (Phi) is 8.72. The van der Waals surface area contributed by atoms with Crippen LogP contribution in [0.5, 0.6) is 0 Å². The highest BCUT2D eigenvalue weighted by Gasteiger charge is 2.33. The van der Waals surface area contributed by atoms with Crippen molar-refractivity contribution in [1.29, 1.82) is 0 Å². The molecule has 0 aromatic heterocycles. The van der Waals surface area contributed by atoms with Crippen LogP contribution in [0.3, 0.4) is 0 Å². The van der Waals surface area contributed by atoms with Crippen LogP contribution in [0.4, 0.5) is 0 Å². The van der Waals surface area contributed by atoms with Gasteiger partial charge in [0.25, 0.3) is 0 Å². The first-order valence-corrected chi connectivity index (χ1v) is 9.79. The summed E-state index contributed by atoms with van der Waals surface area (Å²) in [5.41, 5.74) is 1.75. The zero-order chi connectivity index (χ0) is 20.4. The van der Waals surface area contributed by atoms with Crippen LogP contribution in [-0.2, 0) is 25.8 Å². The average Bonchev–Trinajstić information content (AvgIpc) is 2.70. The predicted octanol–water partition coefficient (Wildman–Crippen LogP) is 3.72. The number of hydrogen-bond donors (Lipinski definition) is 0. The highest BCUT2D eigenvalue weighted by molar-refractivity contribution is 5.99. The molecule has 0 radical (unpaired) electrons. The average molecular weight is 386 g/mol. The van der Waals surface area contributed by atoms with Gasteiger partial charge in [0, 0.05) is 38.7 Å². The third-order valence-corrected chi connectivity index (χ3v) is 4.62. The lowest BCUT2D eigenvalue weighted by molar-refractivity contribution is -0.136. The second kappa shape index (κ2) is 11.3. The van der Waals surface area contributed by atoms with E-state index < -0.39 is 0 Å². The Balaban J connectivity index is 2.09. The molecule has 0 saturated carbocycles. The number of ketones is 1. The third-order valence-electron chi connectivity index (χ3n) is 4.62. The van der Waals surface area contributed by atoms with E-state index in [1.54, 1.807) is 25.2 Å². The Bertz CT molecular complexity index is 711. The van der Waals surface area contributed by atoms with Crippen LogP contribution >= 0.6 is 0 Å². The standard InChI is InChI=1S/C22H30N2O4/c1-4-28-23-13-9-8-12-19-20(25)14-18(22(26)24(2)3)15-21(19)27-16-17-10-6-5-7-11-17/h5-7,10-11,13,18H,4,8-9,12,14-16H2,1-3H3. The highest BCUT2D eigenvalue weighted by atomic mass is 16.6. The third kappa shape index (κ3) is 6.51. The van der Waals surface area contributed by atoms with Gasteiger partial charge in [0.1, 0.15) is 19.0 Å². The molecule has 0 heterocycles. The van der Waals surface area contributed by atoms with Crippen molar-refractivity contribution in [3.63, 3.8) is 0 Å². The minimum Gasteiger partial charge on any atom is -0.493 e. The first-order valence-electron chi connectivity index (χ1n) is 9.79. The number of carbonyl (C=O) groups excluding carboxylic acids is 2. The zero-order valence-corrected chi connectivity index (χ0v) is 17.0. The number of Topliss-reactive ketones (excluding diaryl/α,β-unsaturated/α-hetero) is 1. The van der Waals surface area contributed by atoms with E-state index >= 15 is 0 Å². The van der Waals surface area contributed by atoms with E-state index in [2.05, 4.69) is 5.16 Å². The largest absolute Gasteiger partial charge is 0.493 e. The van der Waals surface area contributed by atoms with Gasteiger partial charge >= 0.3 is 0 Å². The Labute approximate surface area is 167 Å². The minimum absolute atomic E-state index is 0.0104. The van der Waals surface area contributed by atoms with Crippen LogP contribution < -0.4 is 0 Å². The molecule has 0 spiro atoms. The number of unbranched alkanes of at least 4 members (excludes halogenated alkanes) is 1. The van der Waals surface area contributed by atoms with E-state index in [1.807, 2.05) is 37.3 Å². The van der Waals surface area contributed by atoms with Crippen LogP contribution in [0.15, 0.2) is 46.8 Å². The monoisotopic (exact) mass is 386 g/mol. The van der Waals surface area contributed by atoms with Gasteiger partial charge < -0.3 is 14.5 Å². The van der Waals surface area contributed by atoms with E-state index in [0.29, 0.717) is 37.4 Å². The van der Waals surface area contributed by atoms with Gasteiger partial charge in [-0.1, -0.05) is 35.5 Å². The summed E-state index contributed by atoms with van der Waals surface area (Å²) in [7, 11) is 3.43. The quantitative estimate of drug-likeness (QED) is 0.349. The summed E-state index contributed by atoms with van der Waals surface area (Å²) in [5, 5.41) is 3.83. The van der Waals surface area contributed by atoms with Crippen LogP contribution in [-0.4, -0.2) is 43.5 Å². The Morgan fingerprint density at radius 2 is 2.00 bits per heavy atom. The summed E-state index contributed by atoms with van der Waals surface area (Å²) in [6, 6.07) is 9.83. The zero-order valence-electron chi connectivity index (χ0n) is 17.0. The van der Waals surface area contributed by atoms with Crippen molar-refractivity contribution in [2.24, 2.45) is 11.1 Å². The molecular formula is C22H30N2O4. The van der Waals surface area contributed by atoms with E-state index in [0.717, 1.165) is 18.4 Å². The first-order chi connectivity index (χ1) is 13.5. The van der Waals surface area contributed by atoms with Crippen molar-refractivity contribution >= 4 is 17.9 Å². The van der Waals surface area contributed by atoms with E-state index in [-0.39, 0.29) is 24.0 Å². The molecule has 1 aliphatic carbocycles. The van der Waals surface area contributed by atoms with Crippen LogP contribution in [0.1, 0.15) is 44.6 Å². The van der Waals surface area contributed by atoms with Gasteiger partial charge in [0.05, 0.1) is 5.92 Å². The molecule has 0 bridgehead atoms. The van der Waals surface area contributed by atoms with Crippen LogP contribution in [0.25, 0.3) is 0 Å². The Morgan fingerprint density at radius 3 is 2.68 bits per heavy atom. The number of ether oxygens (including phenoxy) is 1. The maximum absolute atomic E-state index is 12.8. The SMILES string of the molecule is CCON=CCCCC1=C(OCc2ccccc2)CC(C(=O)N(C)C)CC1=O. The Morgan fingerprint density at radius 1 is 1.25 bits per heavy atom. The molecule has 6 heteroatoms. The van der Waals surface area contributed by atoms with Crippen molar-refractivity contribution in [2.75, 3.05) is 20.7 Å². The van der Waals surface area contributed by atoms with Gasteiger partial charge in [-0.15, -0.1) is 0 Å². The number of hydrogen-bond acceptors (Lipinski definition) is 5. The van der Waals surface area contributed by atoms with E-state index in [1.165, 1.54) is 0 Å². The second-order valence-electron chi connectivity index (χ2n) is 7.04. The first kappa shape index (κ1) is 21.7. The minimum atomic E-state index is -0.350. The lowest BCUT2D eigenvalue weighted by Gasteiger charge is -2.27. The van der Waals surface area contributed by atoms with Crippen molar-refractivity contribution in [1.82, 2.24) is 4.90 Å². The molecule has 0 saturated heterocycles. The molecule has 1 atom stereocenters. The van der Waals surface area contributed by atoms with E-state index in [9.17, 15) is 9.59 Å². The maximum Gasteiger partial charge on any atom is 0.226 e. The molecule has 1 aromatic rings. The fraction of sp³-hybridized carbons (Fsp3) is 0.500. The van der Waals surface area contributed by atoms with Gasteiger partial charge in [-0.2, -0.15) is 0 Å². The summed E-state index contributed by atoms with van der Waals surface area (Å²) < 4.78 is 6.04. The van der Waals surface area contributed by atoms with Gasteiger partial charge in [0.15, 0.2) is 5.78 Å². The summed E-state index contributed by atoms with van der Waals surface area (Å²) in [6.07, 6.45) is 4.56. The maximum atomic E-state index is 12.8. The number of rotatable bonds is 10. The lowest BCUT2D eigenvalue weighted by Crippen LogP contribution is -2.34. The van der Waals surface area contributed by atoms with Crippen LogP contribution in [0.2, 0.25) is 0 Å². The smallest absolute Gasteiger partial charge is 0.226 e. The molecule has 0 fully saturated rings. The van der Waals surface area contributed by atoms with Crippen molar-refractivity contribution < 1.29 is 19.2 Å². The van der Waals surface area contributed by atoms with Crippen molar-refractivity contribution in [3.05, 3.63) is 47.2 Å². The summed E-state index contributed by atoms with van der Waals surface area (Å²) in [5.74, 6) is 0.284. The number of carbonyl (C=O) groups is 2. The van der Waals surface area contributed by atoms with Gasteiger partial charge in [-0.25, -0.2) is 0 Å². The molecule has 1 amide bonds. The van der Waals surface area contributed by atoms with Crippen molar-refractivity contribution in [3.8, 4) is 0 Å². The summed E-state index contributed by atoms with van der Waals surface area (Å²) >= 11 is 0. The molecule has 152 valence electrons. The normalized spacial score (nSPS) is 17.1. The summed E-state index contributed by atoms with van der Waals surface area (Å²) in [6.45, 7) is 2.81. The molecule has 1 aromatic carbocycles. The highest BCUT2D eigenvalue weighted by Crippen LogP contribution is 2.32. The van der Waals surface area contributed by atoms with Gasteiger partial charge in [0.2, 0.25) is 5.91 Å². The predicted molar refractivity (Wildman–Crippen MR) is 109 cm³/mol. The fourth-order valence-electron chi connectivity index (χ4n) is 3.18. The summed E-state index contributed by atoms with van der Waals surface area (Å²) in [4.78, 5) is 31.6. The lowest BCUT2D eigenvalue weighted by atomic mass is 9.84. The van der Waals surface area contributed by atoms with Crippen molar-refractivity contribution in [2.45, 2.75) is 45.6 Å². The second-order valence-corrected chi connectivity index (χ2v) is 7.04. The molecule has 1 aliphatic rings. The molecule has 0 N–H and O–H groups in total. The molecule has 28 heavy (non-hydrogen) atoms. The van der Waals surface area contributed by atoms with Gasteiger partial charge in [-0.3, -0.25) is 9.59 Å². The van der Waals surface area contributed by atoms with E-state index in [4.69, 9.17) is 9.57 Å². The number of benzene rings is 1. The molecule has 6 nitrogen and oxygen atoms in total.